The van der Waals surface area contributed by atoms with Crippen molar-refractivity contribution in [1.29, 1.82) is 0 Å². The number of fused-ring (bicyclic) bond motifs is 1. The van der Waals surface area contributed by atoms with Gasteiger partial charge in [-0.15, -0.1) is 0 Å². The van der Waals surface area contributed by atoms with Gasteiger partial charge in [0.1, 0.15) is 0 Å². The summed E-state index contributed by atoms with van der Waals surface area (Å²) in [7, 11) is 2.55. The minimum atomic E-state index is -4.95. The van der Waals surface area contributed by atoms with E-state index in [-0.39, 0.29) is 34.1 Å². The average molecular weight is 384 g/mol. The van der Waals surface area contributed by atoms with E-state index in [0.717, 1.165) is 12.4 Å². The van der Waals surface area contributed by atoms with Gasteiger partial charge in [0.15, 0.2) is 11.3 Å². The number of aliphatic imine (C=N–C) groups is 1. The zero-order valence-electron chi connectivity index (χ0n) is 15.2. The molecule has 2 aromatic rings. The zero-order chi connectivity index (χ0) is 20.4. The first kappa shape index (κ1) is 20.3. The minimum Gasteiger partial charge on any atom is -0.493 e. The van der Waals surface area contributed by atoms with Crippen LogP contribution in [0.15, 0.2) is 32.5 Å². The average Bonchev–Trinajstić information content (AvgIpc) is 2.61. The first-order valence-electron chi connectivity index (χ1n) is 7.90. The molecule has 1 aromatic carbocycles. The molecule has 0 atom stereocenters. The van der Waals surface area contributed by atoms with Crippen molar-refractivity contribution in [2.75, 3.05) is 14.2 Å². The van der Waals surface area contributed by atoms with Gasteiger partial charge in [0.2, 0.25) is 16.9 Å². The molecule has 0 spiro atoms. The molecule has 0 aliphatic rings. The second-order valence-corrected chi connectivity index (χ2v) is 5.80. The topological polar surface area (TPSA) is 87.0 Å². The fourth-order valence-corrected chi connectivity index (χ4v) is 2.45. The number of halogens is 3. The molecule has 0 amide bonds. The SMILES string of the molecule is COc1ccc2c(=O)c(/C(C=NC(C)C)=C/N)c(C(F)(F)F)oc2c1OC. The van der Waals surface area contributed by atoms with Crippen LogP contribution in [0, 0.1) is 0 Å². The van der Waals surface area contributed by atoms with Gasteiger partial charge in [-0.3, -0.25) is 9.79 Å². The number of rotatable bonds is 5. The summed E-state index contributed by atoms with van der Waals surface area (Å²) in [5.41, 5.74) is 3.29. The van der Waals surface area contributed by atoms with E-state index in [2.05, 4.69) is 4.99 Å². The van der Waals surface area contributed by atoms with Gasteiger partial charge in [-0.05, 0) is 26.0 Å². The van der Waals surface area contributed by atoms with E-state index in [1.807, 2.05) is 0 Å². The molecule has 0 saturated carbocycles. The van der Waals surface area contributed by atoms with E-state index in [9.17, 15) is 18.0 Å². The van der Waals surface area contributed by atoms with Crippen LogP contribution in [0.3, 0.4) is 0 Å². The van der Waals surface area contributed by atoms with Crippen LogP contribution in [0.1, 0.15) is 25.2 Å². The molecule has 9 heteroatoms. The Hall–Kier alpha value is -2.97. The van der Waals surface area contributed by atoms with Gasteiger partial charge in [0.05, 0.1) is 25.2 Å². The van der Waals surface area contributed by atoms with Crippen LogP contribution in [0.25, 0.3) is 16.5 Å². The van der Waals surface area contributed by atoms with Gasteiger partial charge in [-0.1, -0.05) is 0 Å². The summed E-state index contributed by atoms with van der Waals surface area (Å²) < 4.78 is 56.2. The van der Waals surface area contributed by atoms with Crippen molar-refractivity contribution < 1.29 is 27.1 Å². The van der Waals surface area contributed by atoms with E-state index in [0.29, 0.717) is 0 Å². The highest BCUT2D eigenvalue weighted by Crippen LogP contribution is 2.40. The smallest absolute Gasteiger partial charge is 0.450 e. The molecule has 1 aromatic heterocycles. The summed E-state index contributed by atoms with van der Waals surface area (Å²) >= 11 is 0. The summed E-state index contributed by atoms with van der Waals surface area (Å²) in [6.07, 6.45) is -2.94. The molecule has 146 valence electrons. The van der Waals surface area contributed by atoms with Gasteiger partial charge in [-0.25, -0.2) is 0 Å². The molecule has 0 aliphatic heterocycles. The standard InChI is InChI=1S/C18H19F3N2O4/c1-9(2)23-8-10(7-22)13-14(24)11-5-6-12(25-3)16(26-4)15(11)27-17(13)18(19,20)21/h5-9H,22H2,1-4H3/b10-7+,23-8?. The molecule has 0 radical (unpaired) electrons. The Labute approximate surface area is 153 Å². The number of ether oxygens (including phenoxy) is 2. The molecule has 6 nitrogen and oxygen atoms in total. The molecule has 0 unspecified atom stereocenters. The van der Waals surface area contributed by atoms with E-state index in [1.165, 1.54) is 26.4 Å². The predicted octanol–water partition coefficient (Wildman–Crippen LogP) is 3.61. The second kappa shape index (κ2) is 7.73. The second-order valence-electron chi connectivity index (χ2n) is 5.80. The lowest BCUT2D eigenvalue weighted by Gasteiger charge is -2.15. The van der Waals surface area contributed by atoms with Gasteiger partial charge in [0, 0.05) is 24.0 Å². The zero-order valence-corrected chi connectivity index (χ0v) is 15.2. The van der Waals surface area contributed by atoms with Crippen LogP contribution >= 0.6 is 0 Å². The van der Waals surface area contributed by atoms with E-state index in [4.69, 9.17) is 19.6 Å². The van der Waals surface area contributed by atoms with Crippen molar-refractivity contribution in [3.05, 3.63) is 39.9 Å². The normalized spacial score (nSPS) is 13.0. The van der Waals surface area contributed by atoms with Crippen LogP contribution in [0.2, 0.25) is 0 Å². The maximum Gasteiger partial charge on any atom is 0.450 e. The minimum absolute atomic E-state index is 0.104. The summed E-state index contributed by atoms with van der Waals surface area (Å²) in [4.78, 5) is 16.9. The van der Waals surface area contributed by atoms with Crippen LogP contribution in [0.4, 0.5) is 13.2 Å². The molecule has 0 aliphatic carbocycles. The third-order valence-corrected chi connectivity index (χ3v) is 3.64. The highest BCUT2D eigenvalue weighted by atomic mass is 19.4. The van der Waals surface area contributed by atoms with Crippen molar-refractivity contribution in [2.45, 2.75) is 26.1 Å². The Morgan fingerprint density at radius 3 is 2.41 bits per heavy atom. The van der Waals surface area contributed by atoms with Crippen LogP contribution < -0.4 is 20.6 Å². The Morgan fingerprint density at radius 1 is 1.26 bits per heavy atom. The predicted molar refractivity (Wildman–Crippen MR) is 96.4 cm³/mol. The van der Waals surface area contributed by atoms with E-state index >= 15 is 0 Å². The number of nitrogens with zero attached hydrogens (tertiary/aromatic N) is 1. The van der Waals surface area contributed by atoms with Gasteiger partial charge in [0.25, 0.3) is 0 Å². The Balaban J connectivity index is 2.97. The number of hydrogen-bond acceptors (Lipinski definition) is 6. The van der Waals surface area contributed by atoms with Crippen molar-refractivity contribution in [3.8, 4) is 11.5 Å². The summed E-state index contributed by atoms with van der Waals surface area (Å²) in [5, 5.41) is -0.104. The number of allylic oxidation sites excluding steroid dienone is 1. The lowest BCUT2D eigenvalue weighted by atomic mass is 10.0. The van der Waals surface area contributed by atoms with E-state index in [1.54, 1.807) is 13.8 Å². The quantitative estimate of drug-likeness (QED) is 0.796. The van der Waals surface area contributed by atoms with Crippen molar-refractivity contribution in [2.24, 2.45) is 10.7 Å². The molecule has 0 bridgehead atoms. The van der Waals surface area contributed by atoms with Crippen LogP contribution in [-0.2, 0) is 6.18 Å². The van der Waals surface area contributed by atoms with Gasteiger partial charge in [-0.2, -0.15) is 13.2 Å². The van der Waals surface area contributed by atoms with Crippen LogP contribution in [0.5, 0.6) is 11.5 Å². The van der Waals surface area contributed by atoms with Gasteiger partial charge < -0.3 is 19.6 Å². The number of hydrogen-bond donors (Lipinski definition) is 1. The maximum atomic E-state index is 13.7. The molecule has 1 heterocycles. The number of alkyl halides is 3. The molecule has 0 fully saturated rings. The summed E-state index contributed by atoms with van der Waals surface area (Å²) in [5.74, 6) is -1.47. The number of methoxy groups -OCH3 is 2. The van der Waals surface area contributed by atoms with Crippen LogP contribution in [-0.4, -0.2) is 26.5 Å². The largest absolute Gasteiger partial charge is 0.493 e. The van der Waals surface area contributed by atoms with Crippen molar-refractivity contribution in [3.63, 3.8) is 0 Å². The third kappa shape index (κ3) is 3.91. The fraction of sp³-hybridized carbons (Fsp3) is 0.333. The number of benzene rings is 1. The van der Waals surface area contributed by atoms with Crippen molar-refractivity contribution in [1.82, 2.24) is 0 Å². The highest BCUT2D eigenvalue weighted by molar-refractivity contribution is 6.11. The Morgan fingerprint density at radius 2 is 1.93 bits per heavy atom. The molecule has 2 N–H and O–H groups in total. The Kier molecular flexibility index (Phi) is 5.82. The molecular weight excluding hydrogens is 365 g/mol. The molecule has 2 rings (SSSR count). The highest BCUT2D eigenvalue weighted by Gasteiger charge is 2.40. The lowest BCUT2D eigenvalue weighted by molar-refractivity contribution is -0.153. The molecular formula is C18H19F3N2O4. The molecule has 27 heavy (non-hydrogen) atoms. The number of nitrogens with two attached hydrogens (primary N) is 1. The van der Waals surface area contributed by atoms with E-state index < -0.39 is 22.9 Å². The maximum absolute atomic E-state index is 13.7. The van der Waals surface area contributed by atoms with Crippen molar-refractivity contribution >= 4 is 22.8 Å². The fourth-order valence-electron chi connectivity index (χ4n) is 2.45. The monoisotopic (exact) mass is 384 g/mol. The Bertz CT molecular complexity index is 960. The summed E-state index contributed by atoms with van der Waals surface area (Å²) in [6, 6.07) is 2.51. The third-order valence-electron chi connectivity index (χ3n) is 3.64. The first-order valence-corrected chi connectivity index (χ1v) is 7.90. The molecule has 0 saturated heterocycles. The lowest BCUT2D eigenvalue weighted by Crippen LogP contribution is -2.20. The first-order chi connectivity index (χ1) is 12.6. The summed E-state index contributed by atoms with van der Waals surface area (Å²) in [6.45, 7) is 3.46. The van der Waals surface area contributed by atoms with Gasteiger partial charge >= 0.3 is 6.18 Å².